The number of nitro benzene ring substituents is 1. The zero-order valence-corrected chi connectivity index (χ0v) is 15.1. The Morgan fingerprint density at radius 3 is 2.92 bits per heavy atom. The summed E-state index contributed by atoms with van der Waals surface area (Å²) < 4.78 is 12.5. The van der Waals surface area contributed by atoms with Gasteiger partial charge in [-0.15, -0.1) is 0 Å². The van der Waals surface area contributed by atoms with Gasteiger partial charge in [-0.3, -0.25) is 19.2 Å². The van der Waals surface area contributed by atoms with Crippen LogP contribution in [0.4, 0.5) is 5.69 Å². The molecule has 1 heterocycles. The number of aryl methyl sites for hydroxylation is 1. The Labute approximate surface area is 149 Å². The Hall–Kier alpha value is -2.24. The highest BCUT2D eigenvalue weighted by molar-refractivity contribution is 7.94. The summed E-state index contributed by atoms with van der Waals surface area (Å²) in [7, 11) is 3.37. The van der Waals surface area contributed by atoms with E-state index in [4.69, 9.17) is 8.92 Å². The molecule has 0 amide bonds. The van der Waals surface area contributed by atoms with Gasteiger partial charge in [0.2, 0.25) is 5.16 Å². The number of non-ortho nitro benzene ring substituents is 1. The third-order valence-corrected chi connectivity index (χ3v) is 3.92. The van der Waals surface area contributed by atoms with Crippen LogP contribution in [0.25, 0.3) is 0 Å². The molecular weight excluding hydrogens is 348 g/mol. The van der Waals surface area contributed by atoms with Gasteiger partial charge in [0, 0.05) is 30.8 Å². The minimum Gasteiger partial charge on any atom is -0.496 e. The largest absolute Gasteiger partial charge is 0.496 e. The molecule has 1 aromatic heterocycles. The molecular formula is C14H20N6O4S. The predicted octanol–water partition coefficient (Wildman–Crippen LogP) is 2.11. The lowest BCUT2D eigenvalue weighted by atomic mass is 10.1. The molecule has 0 aliphatic rings. The molecule has 11 heteroatoms. The van der Waals surface area contributed by atoms with Crippen molar-refractivity contribution >= 4 is 17.7 Å². The van der Waals surface area contributed by atoms with E-state index in [1.54, 1.807) is 10.7 Å². The summed E-state index contributed by atoms with van der Waals surface area (Å²) in [6.07, 6.45) is 0.922. The lowest BCUT2D eigenvalue weighted by Gasteiger charge is -2.17. The van der Waals surface area contributed by atoms with Gasteiger partial charge in [-0.25, -0.2) is 4.68 Å². The zero-order chi connectivity index (χ0) is 18.2. The maximum Gasteiger partial charge on any atom is 0.270 e. The summed E-state index contributed by atoms with van der Waals surface area (Å²) in [5, 5.41) is 22.9. The Balaban J connectivity index is 1.91. The smallest absolute Gasteiger partial charge is 0.270 e. The van der Waals surface area contributed by atoms with Crippen LogP contribution < -0.4 is 4.74 Å². The molecule has 0 fully saturated rings. The van der Waals surface area contributed by atoms with Crippen LogP contribution in [-0.2, 0) is 17.3 Å². The molecule has 2 rings (SSSR count). The maximum absolute atomic E-state index is 10.9. The third kappa shape index (κ3) is 5.37. The molecule has 136 valence electrons. The molecule has 0 unspecified atom stereocenters. The van der Waals surface area contributed by atoms with Crippen molar-refractivity contribution in [2.45, 2.75) is 31.6 Å². The monoisotopic (exact) mass is 368 g/mol. The number of nitro groups is 1. The summed E-state index contributed by atoms with van der Waals surface area (Å²) >= 11 is 1.10. The van der Waals surface area contributed by atoms with Crippen molar-refractivity contribution in [3.05, 3.63) is 33.9 Å². The fourth-order valence-electron chi connectivity index (χ4n) is 2.12. The fourth-order valence-corrected chi connectivity index (χ4v) is 2.74. The summed E-state index contributed by atoms with van der Waals surface area (Å²) in [6, 6.07) is 4.52. The Morgan fingerprint density at radius 2 is 2.24 bits per heavy atom. The Kier molecular flexibility index (Phi) is 7.10. The van der Waals surface area contributed by atoms with Gasteiger partial charge in [0.05, 0.1) is 24.1 Å². The van der Waals surface area contributed by atoms with Crippen LogP contribution in [0.2, 0.25) is 0 Å². The van der Waals surface area contributed by atoms with E-state index < -0.39 is 4.92 Å². The highest BCUT2D eigenvalue weighted by atomic mass is 32.2. The first-order chi connectivity index (χ1) is 12.0. The van der Waals surface area contributed by atoms with Gasteiger partial charge < -0.3 is 4.74 Å². The van der Waals surface area contributed by atoms with Crippen molar-refractivity contribution in [1.82, 2.24) is 25.1 Å². The summed E-state index contributed by atoms with van der Waals surface area (Å²) in [6.45, 7) is 3.48. The van der Waals surface area contributed by atoms with Crippen LogP contribution in [0.15, 0.2) is 23.4 Å². The molecule has 25 heavy (non-hydrogen) atoms. The fraction of sp³-hybridized carbons (Fsp3) is 0.500. The van der Waals surface area contributed by atoms with Crippen LogP contribution in [0.1, 0.15) is 18.9 Å². The van der Waals surface area contributed by atoms with Gasteiger partial charge in [-0.1, -0.05) is 12.0 Å². The van der Waals surface area contributed by atoms with Crippen molar-refractivity contribution in [2.24, 2.45) is 0 Å². The first-order valence-electron chi connectivity index (χ1n) is 7.60. The van der Waals surface area contributed by atoms with E-state index in [1.165, 1.54) is 19.2 Å². The highest BCUT2D eigenvalue weighted by Gasteiger charge is 2.14. The predicted molar refractivity (Wildman–Crippen MR) is 91.0 cm³/mol. The van der Waals surface area contributed by atoms with Gasteiger partial charge in [0.1, 0.15) is 12.5 Å². The van der Waals surface area contributed by atoms with E-state index in [0.29, 0.717) is 23.0 Å². The normalized spacial score (nSPS) is 11.0. The standard InChI is InChI=1S/C14H20N6O4S/c1-4-7-19-14(15-16-17-19)25-24-10-18(2)9-11-8-12(20(21)22)5-6-13(11)23-3/h5-6,8H,4,7,9-10H2,1-3H3. The number of ether oxygens (including phenoxy) is 1. The van der Waals surface area contributed by atoms with Gasteiger partial charge in [0.15, 0.2) is 0 Å². The van der Waals surface area contributed by atoms with E-state index in [-0.39, 0.29) is 12.4 Å². The number of hydrogen-bond acceptors (Lipinski definition) is 9. The average molecular weight is 368 g/mol. The average Bonchev–Trinajstić information content (AvgIpc) is 3.02. The lowest BCUT2D eigenvalue weighted by molar-refractivity contribution is -0.385. The molecule has 0 atom stereocenters. The van der Waals surface area contributed by atoms with Crippen molar-refractivity contribution < 1.29 is 13.8 Å². The minimum absolute atomic E-state index is 0.0261. The van der Waals surface area contributed by atoms with Gasteiger partial charge >= 0.3 is 0 Å². The molecule has 0 saturated carbocycles. The first kappa shape index (κ1) is 19.1. The van der Waals surface area contributed by atoms with E-state index in [1.807, 2.05) is 18.9 Å². The summed E-state index contributed by atoms with van der Waals surface area (Å²) in [5.74, 6) is 0.594. The number of aromatic nitrogens is 4. The van der Waals surface area contributed by atoms with Crippen molar-refractivity contribution in [3.63, 3.8) is 0 Å². The van der Waals surface area contributed by atoms with E-state index >= 15 is 0 Å². The van der Waals surface area contributed by atoms with E-state index in [0.717, 1.165) is 25.0 Å². The number of nitrogens with zero attached hydrogens (tertiary/aromatic N) is 6. The number of hydrogen-bond donors (Lipinski definition) is 0. The molecule has 0 aliphatic carbocycles. The van der Waals surface area contributed by atoms with Gasteiger partial charge in [-0.2, -0.15) is 0 Å². The first-order valence-corrected chi connectivity index (χ1v) is 8.34. The molecule has 2 aromatic rings. The van der Waals surface area contributed by atoms with Crippen LogP contribution in [0, 0.1) is 10.1 Å². The second kappa shape index (κ2) is 9.30. The number of rotatable bonds is 10. The van der Waals surface area contributed by atoms with Crippen LogP contribution in [0.5, 0.6) is 5.75 Å². The Bertz CT molecular complexity index is 710. The summed E-state index contributed by atoms with van der Waals surface area (Å²) in [5.41, 5.74) is 0.738. The maximum atomic E-state index is 10.9. The third-order valence-electron chi connectivity index (χ3n) is 3.26. The number of benzene rings is 1. The van der Waals surface area contributed by atoms with Gasteiger partial charge in [0.25, 0.3) is 5.69 Å². The minimum atomic E-state index is -0.428. The number of methoxy groups -OCH3 is 1. The van der Waals surface area contributed by atoms with Crippen LogP contribution in [-0.4, -0.2) is 50.9 Å². The second-order valence-corrected chi connectivity index (χ2v) is 6.05. The molecule has 1 aromatic carbocycles. The highest BCUT2D eigenvalue weighted by Crippen LogP contribution is 2.25. The SMILES string of the molecule is CCCn1nnnc1SOCN(C)Cc1cc([N+](=O)[O-])ccc1OC. The second-order valence-electron chi connectivity index (χ2n) is 5.28. The quantitative estimate of drug-likeness (QED) is 0.269. The lowest BCUT2D eigenvalue weighted by Crippen LogP contribution is -2.20. The van der Waals surface area contributed by atoms with Crippen LogP contribution in [0.3, 0.4) is 0 Å². The zero-order valence-electron chi connectivity index (χ0n) is 14.3. The molecule has 0 saturated heterocycles. The van der Waals surface area contributed by atoms with Crippen LogP contribution >= 0.6 is 12.0 Å². The van der Waals surface area contributed by atoms with Crippen molar-refractivity contribution in [3.8, 4) is 5.75 Å². The molecule has 0 spiro atoms. The molecule has 0 radical (unpaired) electrons. The summed E-state index contributed by atoms with van der Waals surface area (Å²) in [4.78, 5) is 12.4. The van der Waals surface area contributed by atoms with E-state index in [2.05, 4.69) is 15.5 Å². The molecule has 0 N–H and O–H groups in total. The Morgan fingerprint density at radius 1 is 1.44 bits per heavy atom. The van der Waals surface area contributed by atoms with Crippen molar-refractivity contribution in [1.29, 1.82) is 0 Å². The molecule has 0 aliphatic heterocycles. The van der Waals surface area contributed by atoms with Gasteiger partial charge in [-0.05, 0) is 30.0 Å². The topological polar surface area (TPSA) is 108 Å². The number of tetrazole rings is 1. The van der Waals surface area contributed by atoms with Crippen molar-refractivity contribution in [2.75, 3.05) is 20.9 Å². The van der Waals surface area contributed by atoms with E-state index in [9.17, 15) is 10.1 Å². The molecule has 0 bridgehead atoms. The molecule has 10 nitrogen and oxygen atoms in total.